The van der Waals surface area contributed by atoms with Gasteiger partial charge >= 0.3 is 0 Å². The van der Waals surface area contributed by atoms with Crippen molar-refractivity contribution in [1.29, 1.82) is 0 Å². The summed E-state index contributed by atoms with van der Waals surface area (Å²) in [6.45, 7) is 12.9. The lowest BCUT2D eigenvalue weighted by atomic mass is 10.00. The van der Waals surface area contributed by atoms with Crippen molar-refractivity contribution in [1.82, 2.24) is 15.1 Å². The van der Waals surface area contributed by atoms with Gasteiger partial charge in [-0.2, -0.15) is 0 Å². The minimum absolute atomic E-state index is 0.158. The topological polar surface area (TPSA) is 74.9 Å². The Morgan fingerprint density at radius 2 is 1.88 bits per heavy atom. The number of aromatic hydroxyl groups is 1. The quantitative estimate of drug-likeness (QED) is 0.562. The minimum Gasteiger partial charge on any atom is -0.507 e. The molecule has 0 saturated carbocycles. The van der Waals surface area contributed by atoms with Gasteiger partial charge in [0.2, 0.25) is 0 Å². The van der Waals surface area contributed by atoms with Crippen LogP contribution in [0.2, 0.25) is 0 Å². The Morgan fingerprint density at radius 1 is 1.09 bits per heavy atom. The molecule has 3 heterocycles. The van der Waals surface area contributed by atoms with Crippen LogP contribution < -0.4 is 5.32 Å². The molecular weight excluding hydrogens is 414 g/mol. The van der Waals surface area contributed by atoms with E-state index in [0.717, 1.165) is 55.2 Å². The van der Waals surface area contributed by atoms with Crippen LogP contribution in [0.5, 0.6) is 5.75 Å². The average molecular weight is 442 g/mol. The van der Waals surface area contributed by atoms with Gasteiger partial charge in [0.15, 0.2) is 5.69 Å². The molecular formula is C26H27N5O2. The van der Waals surface area contributed by atoms with Crippen molar-refractivity contribution in [3.63, 3.8) is 0 Å². The first-order valence-corrected chi connectivity index (χ1v) is 11.3. The molecule has 0 radical (unpaired) electrons. The van der Waals surface area contributed by atoms with Crippen LogP contribution >= 0.6 is 0 Å². The third-order valence-corrected chi connectivity index (χ3v) is 6.51. The summed E-state index contributed by atoms with van der Waals surface area (Å²) in [6, 6.07) is 15.8. The van der Waals surface area contributed by atoms with Gasteiger partial charge in [-0.25, -0.2) is 4.85 Å². The fraction of sp³-hybridized carbons (Fsp3) is 0.346. The lowest BCUT2D eigenvalue weighted by molar-refractivity contribution is -0.0710. The maximum Gasteiger partial charge on any atom is 0.187 e. The number of phenolic OH excluding ortho intramolecular Hbond substituents is 1. The fourth-order valence-corrected chi connectivity index (χ4v) is 4.56. The molecule has 3 aromatic rings. The number of rotatable bonds is 5. The number of anilines is 1. The Bertz CT molecular complexity index is 1180. The highest BCUT2D eigenvalue weighted by atomic mass is 16.5. The van der Waals surface area contributed by atoms with E-state index in [4.69, 9.17) is 11.3 Å². The van der Waals surface area contributed by atoms with E-state index in [0.29, 0.717) is 29.0 Å². The zero-order valence-electron chi connectivity index (χ0n) is 18.7. The van der Waals surface area contributed by atoms with Crippen LogP contribution in [-0.4, -0.2) is 58.6 Å². The summed E-state index contributed by atoms with van der Waals surface area (Å²) in [5.41, 5.74) is 4.71. The largest absolute Gasteiger partial charge is 0.507 e. The molecule has 1 atom stereocenters. The van der Waals surface area contributed by atoms with Gasteiger partial charge in [0, 0.05) is 18.2 Å². The zero-order valence-corrected chi connectivity index (χ0v) is 18.7. The van der Waals surface area contributed by atoms with Crippen LogP contribution in [0.25, 0.3) is 27.2 Å². The van der Waals surface area contributed by atoms with E-state index in [1.54, 1.807) is 18.2 Å². The average Bonchev–Trinajstić information content (AvgIpc) is 2.79. The van der Waals surface area contributed by atoms with Gasteiger partial charge < -0.3 is 15.2 Å². The van der Waals surface area contributed by atoms with Crippen LogP contribution in [0.1, 0.15) is 18.4 Å². The molecule has 33 heavy (non-hydrogen) atoms. The minimum atomic E-state index is 0.158. The predicted molar refractivity (Wildman–Crippen MR) is 128 cm³/mol. The number of nitrogens with zero attached hydrogens (tertiary/aromatic N) is 4. The van der Waals surface area contributed by atoms with Crippen LogP contribution in [0, 0.1) is 13.5 Å². The molecule has 5 rings (SSSR count). The molecule has 2 fully saturated rings. The molecule has 2 N–H and O–H groups in total. The number of hydrogen-bond acceptors (Lipinski definition) is 6. The van der Waals surface area contributed by atoms with Gasteiger partial charge in [0.25, 0.3) is 0 Å². The summed E-state index contributed by atoms with van der Waals surface area (Å²) < 4.78 is 5.35. The maximum absolute atomic E-state index is 10.7. The molecule has 7 heteroatoms. The Kier molecular flexibility index (Phi) is 5.95. The number of piperidine rings is 1. The normalized spacial score (nSPS) is 19.0. The van der Waals surface area contributed by atoms with Crippen molar-refractivity contribution < 1.29 is 9.84 Å². The van der Waals surface area contributed by atoms with Crippen LogP contribution in [0.15, 0.2) is 48.5 Å². The highest BCUT2D eigenvalue weighted by molar-refractivity contribution is 5.76. The molecule has 168 valence electrons. The Balaban J connectivity index is 1.31. The predicted octanol–water partition coefficient (Wildman–Crippen LogP) is 4.65. The van der Waals surface area contributed by atoms with Crippen molar-refractivity contribution in [2.24, 2.45) is 0 Å². The van der Waals surface area contributed by atoms with E-state index < -0.39 is 0 Å². The second-order valence-corrected chi connectivity index (χ2v) is 8.82. The summed E-state index contributed by atoms with van der Waals surface area (Å²) >= 11 is 0. The van der Waals surface area contributed by atoms with Crippen LogP contribution in [-0.2, 0) is 4.74 Å². The highest BCUT2D eigenvalue weighted by Crippen LogP contribution is 2.34. The SMILES string of the molecule is [C-]#[N+]c1ccc(-c2ccc(-c3nnc(NC4CCCN(C5COC5)C4)cc3C)c(O)c2)cc1. The lowest BCUT2D eigenvalue weighted by Gasteiger charge is -2.42. The molecule has 0 spiro atoms. The van der Waals surface area contributed by atoms with E-state index in [-0.39, 0.29) is 5.75 Å². The molecule has 2 saturated heterocycles. The molecule has 1 aromatic heterocycles. The zero-order chi connectivity index (χ0) is 22.8. The number of phenols is 1. The van der Waals surface area contributed by atoms with Crippen molar-refractivity contribution >= 4 is 11.5 Å². The van der Waals surface area contributed by atoms with Gasteiger partial charge in [0.1, 0.15) is 11.6 Å². The number of aromatic nitrogens is 2. The Labute approximate surface area is 193 Å². The standard InChI is InChI=1S/C26H27N5O2/c1-17-12-25(28-21-4-3-11-31(14-21)22-15-33-16-22)29-30-26(17)23-10-7-19(13-24(23)32)18-5-8-20(27-2)9-6-18/h5-10,12-13,21-22,32H,3-4,11,14-16H2,1H3,(H,28,29). The summed E-state index contributed by atoms with van der Waals surface area (Å²) in [5.74, 6) is 0.925. The Hall–Kier alpha value is -3.47. The second kappa shape index (κ2) is 9.18. The lowest BCUT2D eigenvalue weighted by Crippen LogP contribution is -2.54. The van der Waals surface area contributed by atoms with Gasteiger partial charge in [-0.1, -0.05) is 30.3 Å². The first-order chi connectivity index (χ1) is 16.1. The Morgan fingerprint density at radius 3 is 2.55 bits per heavy atom. The van der Waals surface area contributed by atoms with Crippen molar-refractivity contribution in [3.8, 4) is 28.1 Å². The maximum atomic E-state index is 10.7. The molecule has 2 aromatic carbocycles. The number of likely N-dealkylation sites (tertiary alicyclic amines) is 1. The van der Waals surface area contributed by atoms with E-state index >= 15 is 0 Å². The first-order valence-electron chi connectivity index (χ1n) is 11.3. The molecule has 0 bridgehead atoms. The van der Waals surface area contributed by atoms with Gasteiger partial charge in [-0.3, -0.25) is 4.90 Å². The van der Waals surface area contributed by atoms with E-state index in [9.17, 15) is 5.11 Å². The molecule has 2 aliphatic heterocycles. The van der Waals surface area contributed by atoms with Crippen molar-refractivity contribution in [2.75, 3.05) is 31.6 Å². The highest BCUT2D eigenvalue weighted by Gasteiger charge is 2.30. The van der Waals surface area contributed by atoms with Crippen molar-refractivity contribution in [3.05, 3.63) is 65.5 Å². The molecule has 0 amide bonds. The molecule has 1 unspecified atom stereocenters. The third-order valence-electron chi connectivity index (χ3n) is 6.51. The summed E-state index contributed by atoms with van der Waals surface area (Å²) in [5, 5.41) is 23.1. The van der Waals surface area contributed by atoms with E-state index in [2.05, 4.69) is 25.3 Å². The van der Waals surface area contributed by atoms with Crippen LogP contribution in [0.4, 0.5) is 11.5 Å². The smallest absolute Gasteiger partial charge is 0.187 e. The van der Waals surface area contributed by atoms with Gasteiger partial charge in [0.05, 0.1) is 31.5 Å². The van der Waals surface area contributed by atoms with Gasteiger partial charge in [-0.15, -0.1) is 10.2 Å². The third kappa shape index (κ3) is 4.54. The number of benzene rings is 2. The van der Waals surface area contributed by atoms with Crippen molar-refractivity contribution in [2.45, 2.75) is 31.8 Å². The molecule has 0 aliphatic carbocycles. The fourth-order valence-electron chi connectivity index (χ4n) is 4.56. The summed E-state index contributed by atoms with van der Waals surface area (Å²) in [7, 11) is 0. The molecule has 2 aliphatic rings. The van der Waals surface area contributed by atoms with E-state index in [1.807, 2.05) is 37.3 Å². The summed E-state index contributed by atoms with van der Waals surface area (Å²) in [6.07, 6.45) is 2.28. The second-order valence-electron chi connectivity index (χ2n) is 8.82. The van der Waals surface area contributed by atoms with Crippen LogP contribution in [0.3, 0.4) is 0 Å². The molecule has 7 nitrogen and oxygen atoms in total. The van der Waals surface area contributed by atoms with E-state index in [1.165, 1.54) is 6.42 Å². The number of aryl methyl sites for hydroxylation is 1. The number of hydrogen-bond donors (Lipinski definition) is 2. The summed E-state index contributed by atoms with van der Waals surface area (Å²) in [4.78, 5) is 5.93. The first kappa shape index (κ1) is 21.4. The number of ether oxygens (including phenoxy) is 1. The monoisotopic (exact) mass is 441 g/mol. The van der Waals surface area contributed by atoms with Gasteiger partial charge in [-0.05, 0) is 61.2 Å². The number of nitrogens with one attached hydrogen (secondary N) is 1.